The van der Waals surface area contributed by atoms with Gasteiger partial charge in [-0.2, -0.15) is 0 Å². The minimum atomic E-state index is 0.918. The number of nitrogens with one attached hydrogen (secondary N) is 1. The average molecular weight is 168 g/mol. The molecular formula is C8H12N2S. The Bertz CT molecular complexity index is 204. The quantitative estimate of drug-likeness (QED) is 0.548. The molecule has 0 saturated carbocycles. The first-order chi connectivity index (χ1) is 5.43. The maximum atomic E-state index is 4.00. The Morgan fingerprint density at radius 1 is 1.73 bits per heavy atom. The van der Waals surface area contributed by atoms with Crippen molar-refractivity contribution in [2.24, 2.45) is 0 Å². The number of hydrogen-bond acceptors (Lipinski definition) is 3. The van der Waals surface area contributed by atoms with Gasteiger partial charge in [0.1, 0.15) is 0 Å². The third-order valence-electron chi connectivity index (χ3n) is 1.31. The summed E-state index contributed by atoms with van der Waals surface area (Å²) in [6.45, 7) is 3.88. The lowest BCUT2D eigenvalue weighted by molar-refractivity contribution is 0.760. The fourth-order valence-corrected chi connectivity index (χ4v) is 1.27. The summed E-state index contributed by atoms with van der Waals surface area (Å²) in [5, 5.41) is 5.33. The van der Waals surface area contributed by atoms with Gasteiger partial charge >= 0.3 is 0 Å². The fourth-order valence-electron chi connectivity index (χ4n) is 0.732. The summed E-state index contributed by atoms with van der Waals surface area (Å²) in [5.74, 6) is 0. The Morgan fingerprint density at radius 2 is 2.64 bits per heavy atom. The summed E-state index contributed by atoms with van der Waals surface area (Å²) < 4.78 is 4.00. The van der Waals surface area contributed by atoms with Gasteiger partial charge in [-0.1, -0.05) is 12.2 Å². The van der Waals surface area contributed by atoms with Crippen LogP contribution in [0.1, 0.15) is 12.5 Å². The summed E-state index contributed by atoms with van der Waals surface area (Å²) in [7, 11) is 0. The van der Waals surface area contributed by atoms with Crippen LogP contribution in [0.15, 0.2) is 23.7 Å². The first-order valence-corrected chi connectivity index (χ1v) is 4.47. The Labute approximate surface area is 71.1 Å². The van der Waals surface area contributed by atoms with Crippen molar-refractivity contribution in [3.63, 3.8) is 0 Å². The van der Waals surface area contributed by atoms with Crippen LogP contribution in [0.2, 0.25) is 0 Å². The van der Waals surface area contributed by atoms with Crippen LogP contribution < -0.4 is 5.32 Å². The van der Waals surface area contributed by atoms with E-state index in [4.69, 9.17) is 0 Å². The van der Waals surface area contributed by atoms with Gasteiger partial charge < -0.3 is 5.32 Å². The SMILES string of the molecule is C/C=C/CNCc1cnsc1. The van der Waals surface area contributed by atoms with Crippen molar-refractivity contribution in [3.05, 3.63) is 29.3 Å². The summed E-state index contributed by atoms with van der Waals surface area (Å²) in [4.78, 5) is 0. The minimum absolute atomic E-state index is 0.918. The van der Waals surface area contributed by atoms with Crippen molar-refractivity contribution >= 4 is 11.5 Å². The van der Waals surface area contributed by atoms with E-state index in [1.54, 1.807) is 0 Å². The number of rotatable bonds is 4. The largest absolute Gasteiger partial charge is 0.309 e. The number of allylic oxidation sites excluding steroid dienone is 1. The van der Waals surface area contributed by atoms with E-state index in [1.165, 1.54) is 17.1 Å². The lowest BCUT2D eigenvalue weighted by Gasteiger charge is -1.95. The van der Waals surface area contributed by atoms with Crippen LogP contribution in [0, 0.1) is 0 Å². The fraction of sp³-hybridized carbons (Fsp3) is 0.375. The Morgan fingerprint density at radius 3 is 3.27 bits per heavy atom. The molecule has 11 heavy (non-hydrogen) atoms. The van der Waals surface area contributed by atoms with E-state index in [0.29, 0.717) is 0 Å². The maximum absolute atomic E-state index is 4.00. The zero-order valence-corrected chi connectivity index (χ0v) is 7.40. The molecular weight excluding hydrogens is 156 g/mol. The Balaban J connectivity index is 2.14. The summed E-state index contributed by atoms with van der Waals surface area (Å²) in [6.07, 6.45) is 6.03. The highest BCUT2D eigenvalue weighted by Crippen LogP contribution is 1.99. The molecule has 0 saturated heterocycles. The normalized spacial score (nSPS) is 11.0. The van der Waals surface area contributed by atoms with E-state index in [2.05, 4.69) is 21.1 Å². The molecule has 0 radical (unpaired) electrons. The van der Waals surface area contributed by atoms with Gasteiger partial charge in [0.05, 0.1) is 0 Å². The first-order valence-electron chi connectivity index (χ1n) is 3.63. The molecule has 0 bridgehead atoms. The third-order valence-corrected chi connectivity index (χ3v) is 1.95. The van der Waals surface area contributed by atoms with Crippen LogP contribution in [-0.4, -0.2) is 10.9 Å². The van der Waals surface area contributed by atoms with Crippen LogP contribution >= 0.6 is 11.5 Å². The molecule has 1 heterocycles. The summed E-state index contributed by atoms with van der Waals surface area (Å²) >= 11 is 1.50. The molecule has 0 atom stereocenters. The highest BCUT2D eigenvalue weighted by Gasteiger charge is 1.89. The second-order valence-electron chi connectivity index (χ2n) is 2.23. The lowest BCUT2D eigenvalue weighted by Crippen LogP contribution is -2.11. The van der Waals surface area contributed by atoms with Crippen LogP contribution in [0.5, 0.6) is 0 Å². The molecule has 1 aromatic heterocycles. The highest BCUT2D eigenvalue weighted by atomic mass is 32.1. The van der Waals surface area contributed by atoms with Gasteiger partial charge in [0.25, 0.3) is 0 Å². The van der Waals surface area contributed by atoms with Crippen LogP contribution in [0.3, 0.4) is 0 Å². The Hall–Kier alpha value is -0.670. The first kappa shape index (κ1) is 8.43. The molecule has 2 nitrogen and oxygen atoms in total. The van der Waals surface area contributed by atoms with E-state index in [9.17, 15) is 0 Å². The molecule has 0 aliphatic heterocycles. The van der Waals surface area contributed by atoms with Gasteiger partial charge in [-0.15, -0.1) is 0 Å². The topological polar surface area (TPSA) is 24.9 Å². The summed E-state index contributed by atoms with van der Waals surface area (Å²) in [6, 6.07) is 0. The molecule has 0 aliphatic rings. The van der Waals surface area contributed by atoms with Gasteiger partial charge in [-0.05, 0) is 24.0 Å². The van der Waals surface area contributed by atoms with E-state index in [1.807, 2.05) is 19.2 Å². The second-order valence-corrected chi connectivity index (χ2v) is 2.89. The van der Waals surface area contributed by atoms with Crippen LogP contribution in [0.25, 0.3) is 0 Å². The van der Waals surface area contributed by atoms with Gasteiger partial charge in [-0.25, -0.2) is 4.37 Å². The zero-order chi connectivity index (χ0) is 7.94. The molecule has 60 valence electrons. The summed E-state index contributed by atoms with van der Waals surface area (Å²) in [5.41, 5.74) is 1.26. The standard InChI is InChI=1S/C8H12N2S/c1-2-3-4-9-5-8-6-10-11-7-8/h2-3,6-7,9H,4-5H2,1H3/b3-2+. The van der Waals surface area contributed by atoms with Crippen molar-refractivity contribution < 1.29 is 0 Å². The molecule has 3 heteroatoms. The van der Waals surface area contributed by atoms with Crippen molar-refractivity contribution in [3.8, 4) is 0 Å². The second kappa shape index (κ2) is 5.04. The molecule has 0 unspecified atom stereocenters. The van der Waals surface area contributed by atoms with E-state index in [0.717, 1.165) is 13.1 Å². The monoisotopic (exact) mass is 168 g/mol. The van der Waals surface area contributed by atoms with Gasteiger partial charge in [0, 0.05) is 24.7 Å². The van der Waals surface area contributed by atoms with Crippen LogP contribution in [0.4, 0.5) is 0 Å². The van der Waals surface area contributed by atoms with Gasteiger partial charge in [0.15, 0.2) is 0 Å². The zero-order valence-electron chi connectivity index (χ0n) is 6.58. The molecule has 1 N–H and O–H groups in total. The third kappa shape index (κ3) is 3.30. The molecule has 0 spiro atoms. The van der Waals surface area contributed by atoms with Crippen molar-refractivity contribution in [2.45, 2.75) is 13.5 Å². The predicted octanol–water partition coefficient (Wildman–Crippen LogP) is 1.81. The molecule has 0 aliphatic carbocycles. The van der Waals surface area contributed by atoms with Crippen LogP contribution in [-0.2, 0) is 6.54 Å². The highest BCUT2D eigenvalue weighted by molar-refractivity contribution is 7.03. The van der Waals surface area contributed by atoms with E-state index >= 15 is 0 Å². The number of hydrogen-bond donors (Lipinski definition) is 1. The van der Waals surface area contributed by atoms with Crippen molar-refractivity contribution in [1.29, 1.82) is 0 Å². The van der Waals surface area contributed by atoms with Gasteiger partial charge in [0.2, 0.25) is 0 Å². The average Bonchev–Trinajstić information content (AvgIpc) is 2.50. The molecule has 0 amide bonds. The van der Waals surface area contributed by atoms with Crippen molar-refractivity contribution in [2.75, 3.05) is 6.54 Å². The predicted molar refractivity (Wildman–Crippen MR) is 48.6 cm³/mol. The van der Waals surface area contributed by atoms with E-state index in [-0.39, 0.29) is 0 Å². The molecule has 1 rings (SSSR count). The minimum Gasteiger partial charge on any atom is -0.309 e. The molecule has 0 fully saturated rings. The van der Waals surface area contributed by atoms with E-state index < -0.39 is 0 Å². The number of aromatic nitrogens is 1. The molecule has 0 aromatic carbocycles. The smallest absolute Gasteiger partial charge is 0.0451 e. The number of nitrogens with zero attached hydrogens (tertiary/aromatic N) is 1. The van der Waals surface area contributed by atoms with Gasteiger partial charge in [-0.3, -0.25) is 0 Å². The maximum Gasteiger partial charge on any atom is 0.0451 e. The Kier molecular flexibility index (Phi) is 3.86. The van der Waals surface area contributed by atoms with Crippen molar-refractivity contribution in [1.82, 2.24) is 9.69 Å². The molecule has 1 aromatic rings. The lowest BCUT2D eigenvalue weighted by atomic mass is 10.4.